The second-order valence-electron chi connectivity index (χ2n) is 4.52. The van der Waals surface area contributed by atoms with Crippen molar-refractivity contribution < 1.29 is 17.5 Å². The molecule has 0 saturated carbocycles. The second-order valence-corrected chi connectivity index (χ2v) is 6.43. The lowest BCUT2D eigenvalue weighted by molar-refractivity contribution is 0.148. The molecule has 1 heterocycles. The number of nitrogens with zero attached hydrogens (tertiary/aromatic N) is 1. The molecule has 0 unspecified atom stereocenters. The third kappa shape index (κ3) is 3.80. The number of sulfonamides is 1. The van der Waals surface area contributed by atoms with Crippen molar-refractivity contribution in [2.45, 2.75) is 11.3 Å². The molecular formula is C14H17FN2O3S. The molecule has 0 radical (unpaired) electrons. The minimum Gasteiger partial charge on any atom is -0.380 e. The largest absolute Gasteiger partial charge is 0.380 e. The second kappa shape index (κ2) is 7.00. The minimum absolute atomic E-state index is 0.162. The van der Waals surface area contributed by atoms with Crippen LogP contribution >= 0.6 is 0 Å². The Hall–Kier alpha value is -1.46. The SMILES string of the molecule is NCC#Cc1ccc(S(=O)(=O)N2CCCOCC2)c(F)c1. The van der Waals surface area contributed by atoms with E-state index < -0.39 is 15.8 Å². The molecule has 0 aromatic heterocycles. The molecule has 0 atom stereocenters. The number of hydrogen-bond donors (Lipinski definition) is 1. The summed E-state index contributed by atoms with van der Waals surface area (Å²) in [5.74, 6) is 4.46. The fourth-order valence-corrected chi connectivity index (χ4v) is 3.55. The molecule has 1 aliphatic heterocycles. The van der Waals surface area contributed by atoms with Crippen LogP contribution in [0.2, 0.25) is 0 Å². The Morgan fingerprint density at radius 3 is 2.86 bits per heavy atom. The molecule has 1 aliphatic rings. The van der Waals surface area contributed by atoms with Crippen molar-refractivity contribution in [3.05, 3.63) is 29.6 Å². The number of halogens is 1. The summed E-state index contributed by atoms with van der Waals surface area (Å²) in [6.07, 6.45) is 0.598. The Bertz CT molecular complexity index is 657. The predicted molar refractivity (Wildman–Crippen MR) is 76.5 cm³/mol. The molecule has 0 spiro atoms. The van der Waals surface area contributed by atoms with Crippen molar-refractivity contribution in [1.82, 2.24) is 4.31 Å². The average molecular weight is 312 g/mol. The smallest absolute Gasteiger partial charge is 0.246 e. The first-order chi connectivity index (χ1) is 10.1. The molecule has 0 aliphatic carbocycles. The van der Waals surface area contributed by atoms with Crippen molar-refractivity contribution >= 4 is 10.0 Å². The van der Waals surface area contributed by atoms with Crippen LogP contribution in [0.15, 0.2) is 23.1 Å². The molecule has 0 bridgehead atoms. The predicted octanol–water partition coefficient (Wildman–Crippen LogP) is 0.547. The molecule has 21 heavy (non-hydrogen) atoms. The van der Waals surface area contributed by atoms with Crippen LogP contribution < -0.4 is 5.73 Å². The summed E-state index contributed by atoms with van der Waals surface area (Å²) in [5, 5.41) is 0. The lowest BCUT2D eigenvalue weighted by Crippen LogP contribution is -2.33. The van der Waals surface area contributed by atoms with E-state index in [-0.39, 0.29) is 18.0 Å². The van der Waals surface area contributed by atoms with Gasteiger partial charge in [0.15, 0.2) is 0 Å². The summed E-state index contributed by atoms with van der Waals surface area (Å²) in [6, 6.07) is 3.84. The summed E-state index contributed by atoms with van der Waals surface area (Å²) in [4.78, 5) is -0.331. The first-order valence-electron chi connectivity index (χ1n) is 6.62. The highest BCUT2D eigenvalue weighted by Crippen LogP contribution is 2.21. The minimum atomic E-state index is -3.85. The molecule has 0 amide bonds. The fraction of sp³-hybridized carbons (Fsp3) is 0.429. The normalized spacial score (nSPS) is 16.9. The molecule has 114 valence electrons. The molecule has 1 aromatic rings. The Morgan fingerprint density at radius 1 is 1.33 bits per heavy atom. The molecule has 1 aromatic carbocycles. The van der Waals surface area contributed by atoms with E-state index in [1.807, 2.05) is 0 Å². The molecule has 5 nitrogen and oxygen atoms in total. The number of rotatable bonds is 2. The van der Waals surface area contributed by atoms with E-state index in [0.717, 1.165) is 6.07 Å². The highest BCUT2D eigenvalue weighted by Gasteiger charge is 2.28. The zero-order chi connectivity index (χ0) is 15.3. The molecular weight excluding hydrogens is 295 g/mol. The van der Waals surface area contributed by atoms with Crippen molar-refractivity contribution in [2.75, 3.05) is 32.8 Å². The monoisotopic (exact) mass is 312 g/mol. The van der Waals surface area contributed by atoms with Gasteiger partial charge in [-0.15, -0.1) is 0 Å². The van der Waals surface area contributed by atoms with Gasteiger partial charge in [-0.2, -0.15) is 4.31 Å². The summed E-state index contributed by atoms with van der Waals surface area (Å²) < 4.78 is 45.5. The maximum Gasteiger partial charge on any atom is 0.246 e. The Labute approximate surface area is 123 Å². The van der Waals surface area contributed by atoms with Crippen LogP contribution in [0, 0.1) is 17.7 Å². The van der Waals surface area contributed by atoms with Crippen LogP contribution in [0.3, 0.4) is 0 Å². The van der Waals surface area contributed by atoms with Gasteiger partial charge in [0.1, 0.15) is 10.7 Å². The quantitative estimate of drug-likeness (QED) is 0.809. The van der Waals surface area contributed by atoms with Crippen molar-refractivity contribution in [3.8, 4) is 11.8 Å². The highest BCUT2D eigenvalue weighted by atomic mass is 32.2. The summed E-state index contributed by atoms with van der Waals surface area (Å²) in [5.41, 5.74) is 5.64. The van der Waals surface area contributed by atoms with Crippen LogP contribution in [0.1, 0.15) is 12.0 Å². The van der Waals surface area contributed by atoms with Crippen LogP contribution in [-0.2, 0) is 14.8 Å². The number of benzene rings is 1. The number of ether oxygens (including phenoxy) is 1. The van der Waals surface area contributed by atoms with Gasteiger partial charge in [-0.1, -0.05) is 11.8 Å². The summed E-state index contributed by atoms with van der Waals surface area (Å²) >= 11 is 0. The molecule has 2 N–H and O–H groups in total. The topological polar surface area (TPSA) is 72.6 Å². The Balaban J connectivity index is 2.31. The molecule has 2 rings (SSSR count). The molecule has 1 saturated heterocycles. The van der Waals surface area contributed by atoms with E-state index in [0.29, 0.717) is 31.7 Å². The first kappa shape index (κ1) is 15.9. The zero-order valence-corrected chi connectivity index (χ0v) is 12.3. The van der Waals surface area contributed by atoms with Crippen LogP contribution in [-0.4, -0.2) is 45.6 Å². The lowest BCUT2D eigenvalue weighted by Gasteiger charge is -2.19. The van der Waals surface area contributed by atoms with E-state index in [1.165, 1.54) is 16.4 Å². The van der Waals surface area contributed by atoms with Crippen LogP contribution in [0.4, 0.5) is 4.39 Å². The Morgan fingerprint density at radius 2 is 2.14 bits per heavy atom. The standard InChI is InChI=1S/C14H17FN2O3S/c15-13-11-12(3-1-6-16)4-5-14(13)21(18,19)17-7-2-9-20-10-8-17/h4-5,11H,2,6-10,16H2. The zero-order valence-electron chi connectivity index (χ0n) is 11.5. The average Bonchev–Trinajstić information content (AvgIpc) is 2.74. The third-order valence-corrected chi connectivity index (χ3v) is 5.00. The first-order valence-corrected chi connectivity index (χ1v) is 8.06. The van der Waals surface area contributed by atoms with Crippen molar-refractivity contribution in [1.29, 1.82) is 0 Å². The van der Waals surface area contributed by atoms with Crippen molar-refractivity contribution in [2.24, 2.45) is 5.73 Å². The molecule has 7 heteroatoms. The maximum absolute atomic E-state index is 14.1. The van der Waals surface area contributed by atoms with Gasteiger partial charge in [-0.3, -0.25) is 0 Å². The van der Waals surface area contributed by atoms with Gasteiger partial charge in [0.25, 0.3) is 0 Å². The van der Waals surface area contributed by atoms with Gasteiger partial charge >= 0.3 is 0 Å². The lowest BCUT2D eigenvalue weighted by atomic mass is 10.2. The van der Waals surface area contributed by atoms with Crippen LogP contribution in [0.25, 0.3) is 0 Å². The van der Waals surface area contributed by atoms with Gasteiger partial charge in [0.2, 0.25) is 10.0 Å². The summed E-state index contributed by atoms with van der Waals surface area (Å²) in [6.45, 7) is 1.56. The third-order valence-electron chi connectivity index (χ3n) is 3.07. The fourth-order valence-electron chi connectivity index (χ4n) is 2.04. The number of nitrogens with two attached hydrogens (primary N) is 1. The van der Waals surface area contributed by atoms with Gasteiger partial charge in [-0.05, 0) is 24.6 Å². The van der Waals surface area contributed by atoms with Gasteiger partial charge < -0.3 is 10.5 Å². The Kier molecular flexibility index (Phi) is 5.31. The number of hydrogen-bond acceptors (Lipinski definition) is 4. The van der Waals surface area contributed by atoms with E-state index in [4.69, 9.17) is 10.5 Å². The van der Waals surface area contributed by atoms with E-state index in [1.54, 1.807) is 0 Å². The van der Waals surface area contributed by atoms with Gasteiger partial charge in [-0.25, -0.2) is 12.8 Å². The van der Waals surface area contributed by atoms with Crippen molar-refractivity contribution in [3.63, 3.8) is 0 Å². The van der Waals surface area contributed by atoms with E-state index in [9.17, 15) is 12.8 Å². The van der Waals surface area contributed by atoms with Gasteiger partial charge in [0, 0.05) is 25.3 Å². The van der Waals surface area contributed by atoms with Gasteiger partial charge in [0.05, 0.1) is 13.2 Å². The highest BCUT2D eigenvalue weighted by molar-refractivity contribution is 7.89. The van der Waals surface area contributed by atoms with Crippen LogP contribution in [0.5, 0.6) is 0 Å². The van der Waals surface area contributed by atoms with E-state index >= 15 is 0 Å². The summed E-state index contributed by atoms with van der Waals surface area (Å²) in [7, 11) is -3.85. The van der Waals surface area contributed by atoms with E-state index in [2.05, 4.69) is 11.8 Å². The molecule has 1 fully saturated rings. The maximum atomic E-state index is 14.1.